The number of carboxylic acid groups (broad SMARTS) is 2. The molecular weight excluding hydrogens is 318 g/mol. The maximum Gasteiger partial charge on any atom is 0.324 e. The highest BCUT2D eigenvalue weighted by molar-refractivity contribution is 5.83. The van der Waals surface area contributed by atoms with Gasteiger partial charge in [-0.25, -0.2) is 0 Å². The summed E-state index contributed by atoms with van der Waals surface area (Å²) in [6, 6.07) is 19.2. The normalized spacial score (nSPS) is 21.5. The van der Waals surface area contributed by atoms with Crippen molar-refractivity contribution in [3.8, 4) is 0 Å². The first-order chi connectivity index (χ1) is 11.9. The summed E-state index contributed by atoms with van der Waals surface area (Å²) >= 11 is 0. The fourth-order valence-corrected chi connectivity index (χ4v) is 3.57. The highest BCUT2D eigenvalue weighted by Gasteiger charge is 2.58. The van der Waals surface area contributed by atoms with Crippen LogP contribution in [0.1, 0.15) is 29.9 Å². The first-order valence-corrected chi connectivity index (χ1v) is 8.28. The van der Waals surface area contributed by atoms with E-state index in [9.17, 15) is 19.8 Å². The van der Waals surface area contributed by atoms with Gasteiger partial charge in [0, 0.05) is 11.8 Å². The Balaban J connectivity index is 1.96. The number of carboxylic acids is 2. The molecule has 0 saturated heterocycles. The molecule has 1 fully saturated rings. The van der Waals surface area contributed by atoms with Crippen molar-refractivity contribution in [1.29, 1.82) is 0 Å². The van der Waals surface area contributed by atoms with Crippen LogP contribution in [0.4, 0.5) is 0 Å². The molecule has 0 aromatic heterocycles. The number of benzene rings is 2. The molecule has 1 saturated carbocycles. The summed E-state index contributed by atoms with van der Waals surface area (Å²) in [6.07, 6.45) is 0.471. The average molecular weight is 339 g/mol. The minimum absolute atomic E-state index is 0.158. The minimum Gasteiger partial charge on any atom is -0.481 e. The number of hydrogen-bond donors (Lipinski definition) is 3. The molecule has 0 bridgehead atoms. The topological polar surface area (TPSA) is 101 Å². The Hall–Kier alpha value is -2.66. The molecule has 130 valence electrons. The highest BCUT2D eigenvalue weighted by Crippen LogP contribution is 2.49. The molecule has 0 spiro atoms. The van der Waals surface area contributed by atoms with E-state index in [1.807, 2.05) is 60.7 Å². The largest absolute Gasteiger partial charge is 0.481 e. The van der Waals surface area contributed by atoms with Gasteiger partial charge in [-0.1, -0.05) is 60.7 Å². The predicted molar refractivity (Wildman–Crippen MR) is 93.1 cm³/mol. The molecule has 4 N–H and O–H groups in total. The summed E-state index contributed by atoms with van der Waals surface area (Å²) in [5.41, 5.74) is 6.66. The molecule has 3 rings (SSSR count). The molecular formula is C20H21NO4. The molecule has 0 radical (unpaired) electrons. The van der Waals surface area contributed by atoms with Gasteiger partial charge in [-0.15, -0.1) is 0 Å². The van der Waals surface area contributed by atoms with Gasteiger partial charge < -0.3 is 15.9 Å². The van der Waals surface area contributed by atoms with E-state index in [2.05, 4.69) is 0 Å². The fraction of sp³-hybridized carbons (Fsp3) is 0.300. The molecule has 2 aromatic carbocycles. The summed E-state index contributed by atoms with van der Waals surface area (Å²) in [4.78, 5) is 23.2. The van der Waals surface area contributed by atoms with Gasteiger partial charge in [0.2, 0.25) is 0 Å². The summed E-state index contributed by atoms with van der Waals surface area (Å²) in [7, 11) is 0. The molecule has 25 heavy (non-hydrogen) atoms. The zero-order valence-corrected chi connectivity index (χ0v) is 13.7. The van der Waals surface area contributed by atoms with E-state index in [0.29, 0.717) is 6.42 Å². The number of nitrogens with two attached hydrogens (primary N) is 1. The van der Waals surface area contributed by atoms with Gasteiger partial charge in [-0.05, 0) is 24.0 Å². The zero-order valence-electron chi connectivity index (χ0n) is 13.7. The second kappa shape index (κ2) is 6.69. The lowest BCUT2D eigenvalue weighted by atomic mass is 9.77. The van der Waals surface area contributed by atoms with E-state index in [1.54, 1.807) is 0 Å². The number of hydrogen-bond acceptors (Lipinski definition) is 3. The van der Waals surface area contributed by atoms with Crippen LogP contribution in [-0.4, -0.2) is 27.7 Å². The van der Waals surface area contributed by atoms with Crippen LogP contribution in [0.5, 0.6) is 0 Å². The molecule has 3 unspecified atom stereocenters. The third kappa shape index (κ3) is 3.42. The van der Waals surface area contributed by atoms with Crippen LogP contribution in [0.15, 0.2) is 60.7 Å². The second-order valence-electron chi connectivity index (χ2n) is 6.71. The average Bonchev–Trinajstić information content (AvgIpc) is 3.42. The molecule has 3 atom stereocenters. The summed E-state index contributed by atoms with van der Waals surface area (Å²) in [5.74, 6) is -3.54. The zero-order chi connectivity index (χ0) is 18.0. The Morgan fingerprint density at radius 3 is 1.84 bits per heavy atom. The van der Waals surface area contributed by atoms with Crippen molar-refractivity contribution in [2.45, 2.75) is 24.3 Å². The fourth-order valence-electron chi connectivity index (χ4n) is 3.57. The molecule has 1 aliphatic carbocycles. The smallest absolute Gasteiger partial charge is 0.324 e. The maximum absolute atomic E-state index is 12.0. The quantitative estimate of drug-likeness (QED) is 0.720. The van der Waals surface area contributed by atoms with Crippen molar-refractivity contribution >= 4 is 11.9 Å². The maximum atomic E-state index is 12.0. The molecule has 0 amide bonds. The number of rotatable bonds is 7. The Labute approximate surface area is 146 Å². The van der Waals surface area contributed by atoms with Crippen molar-refractivity contribution in [3.05, 3.63) is 71.8 Å². The summed E-state index contributed by atoms with van der Waals surface area (Å²) in [5, 5.41) is 19.0. The van der Waals surface area contributed by atoms with Gasteiger partial charge in [0.1, 0.15) is 5.54 Å². The first kappa shape index (κ1) is 17.2. The molecule has 1 aliphatic rings. The van der Waals surface area contributed by atoms with Gasteiger partial charge in [0.25, 0.3) is 0 Å². The number of aliphatic carboxylic acids is 2. The van der Waals surface area contributed by atoms with Gasteiger partial charge in [-0.2, -0.15) is 0 Å². The van der Waals surface area contributed by atoms with Gasteiger partial charge in [0.15, 0.2) is 0 Å². The van der Waals surface area contributed by atoms with Crippen LogP contribution >= 0.6 is 0 Å². The lowest BCUT2D eigenvalue weighted by Gasteiger charge is -2.30. The Morgan fingerprint density at radius 2 is 1.48 bits per heavy atom. The van der Waals surface area contributed by atoms with Gasteiger partial charge in [-0.3, -0.25) is 9.59 Å². The van der Waals surface area contributed by atoms with E-state index >= 15 is 0 Å². The molecule has 2 aromatic rings. The van der Waals surface area contributed by atoms with E-state index in [4.69, 9.17) is 5.73 Å². The van der Waals surface area contributed by atoms with E-state index < -0.39 is 29.3 Å². The highest BCUT2D eigenvalue weighted by atomic mass is 16.4. The van der Waals surface area contributed by atoms with Crippen LogP contribution in [-0.2, 0) is 9.59 Å². The minimum atomic E-state index is -1.57. The van der Waals surface area contributed by atoms with E-state index in [1.165, 1.54) is 0 Å². The first-order valence-electron chi connectivity index (χ1n) is 8.28. The van der Waals surface area contributed by atoms with Crippen molar-refractivity contribution in [2.24, 2.45) is 17.6 Å². The van der Waals surface area contributed by atoms with E-state index in [-0.39, 0.29) is 12.3 Å². The van der Waals surface area contributed by atoms with Crippen molar-refractivity contribution in [1.82, 2.24) is 0 Å². The molecule has 5 nitrogen and oxygen atoms in total. The van der Waals surface area contributed by atoms with Crippen molar-refractivity contribution in [3.63, 3.8) is 0 Å². The van der Waals surface area contributed by atoms with Crippen LogP contribution in [0, 0.1) is 11.8 Å². The Bertz CT molecular complexity index is 722. The van der Waals surface area contributed by atoms with E-state index in [0.717, 1.165) is 11.1 Å². The second-order valence-corrected chi connectivity index (χ2v) is 6.71. The van der Waals surface area contributed by atoms with Crippen LogP contribution in [0.25, 0.3) is 0 Å². The molecule has 0 heterocycles. The van der Waals surface area contributed by atoms with Gasteiger partial charge >= 0.3 is 11.9 Å². The molecule has 0 aliphatic heterocycles. The SMILES string of the molecule is NC(CC(c1ccccc1)c1ccccc1)(C(=O)O)C1CC1C(=O)O. The number of carbonyl (C=O) groups is 2. The lowest BCUT2D eigenvalue weighted by molar-refractivity contribution is -0.145. The third-order valence-corrected chi connectivity index (χ3v) is 5.11. The standard InChI is InChI=1S/C20H21NO4/c21-20(19(24)25,17-11-15(17)18(22)23)12-16(13-7-3-1-4-8-13)14-9-5-2-6-10-14/h1-10,15-17H,11-12,21H2,(H,22,23)(H,24,25). The van der Waals surface area contributed by atoms with Crippen LogP contribution in [0.3, 0.4) is 0 Å². The van der Waals surface area contributed by atoms with Crippen molar-refractivity contribution in [2.75, 3.05) is 0 Å². The van der Waals surface area contributed by atoms with Crippen LogP contribution < -0.4 is 5.73 Å². The van der Waals surface area contributed by atoms with Crippen LogP contribution in [0.2, 0.25) is 0 Å². The van der Waals surface area contributed by atoms with Gasteiger partial charge in [0.05, 0.1) is 5.92 Å². The molecule has 5 heteroatoms. The van der Waals surface area contributed by atoms with Crippen molar-refractivity contribution < 1.29 is 19.8 Å². The predicted octanol–water partition coefficient (Wildman–Crippen LogP) is 2.71. The Morgan fingerprint density at radius 1 is 1.00 bits per heavy atom. The summed E-state index contributed by atoms with van der Waals surface area (Å²) in [6.45, 7) is 0. The monoisotopic (exact) mass is 339 g/mol. The summed E-state index contributed by atoms with van der Waals surface area (Å²) < 4.78 is 0. The third-order valence-electron chi connectivity index (χ3n) is 5.11. The lowest BCUT2D eigenvalue weighted by Crippen LogP contribution is -2.52. The Kier molecular flexibility index (Phi) is 4.59.